The molecule has 2 heteroatoms. The molecule has 0 aliphatic heterocycles. The molecule has 17 heavy (non-hydrogen) atoms. The number of hydrogen-bond donors (Lipinski definition) is 1. The summed E-state index contributed by atoms with van der Waals surface area (Å²) in [6.45, 7) is 5.04. The third kappa shape index (κ3) is 2.96. The highest BCUT2D eigenvalue weighted by Crippen LogP contribution is 2.23. The SMILES string of the molecule is CC(C)(CN)c1ccc(Cc2cccs2)cc1. The molecule has 0 bridgehead atoms. The van der Waals surface area contributed by atoms with E-state index in [0.717, 1.165) is 6.42 Å². The Bertz CT molecular complexity index is 454. The maximum absolute atomic E-state index is 5.79. The average Bonchev–Trinajstić information content (AvgIpc) is 2.83. The van der Waals surface area contributed by atoms with Crippen LogP contribution in [0.1, 0.15) is 29.9 Å². The van der Waals surface area contributed by atoms with Gasteiger partial charge in [0.15, 0.2) is 0 Å². The third-order valence-corrected chi connectivity index (χ3v) is 4.08. The fraction of sp³-hybridized carbons (Fsp3) is 0.333. The van der Waals surface area contributed by atoms with Crippen LogP contribution in [0.4, 0.5) is 0 Å². The van der Waals surface area contributed by atoms with Gasteiger partial charge in [0, 0.05) is 23.3 Å². The molecule has 1 heterocycles. The van der Waals surface area contributed by atoms with E-state index >= 15 is 0 Å². The van der Waals surface area contributed by atoms with E-state index in [-0.39, 0.29) is 5.41 Å². The van der Waals surface area contributed by atoms with Crippen molar-refractivity contribution >= 4 is 11.3 Å². The number of benzene rings is 1. The Labute approximate surface area is 107 Å². The molecule has 0 atom stereocenters. The summed E-state index contributed by atoms with van der Waals surface area (Å²) in [4.78, 5) is 1.41. The molecule has 0 aliphatic carbocycles. The maximum atomic E-state index is 5.79. The third-order valence-electron chi connectivity index (χ3n) is 3.20. The zero-order chi connectivity index (χ0) is 12.3. The molecule has 2 rings (SSSR count). The van der Waals surface area contributed by atoms with Crippen molar-refractivity contribution in [1.29, 1.82) is 0 Å². The number of rotatable bonds is 4. The monoisotopic (exact) mass is 245 g/mol. The fourth-order valence-corrected chi connectivity index (χ4v) is 2.55. The first-order chi connectivity index (χ1) is 8.12. The predicted molar refractivity (Wildman–Crippen MR) is 75.6 cm³/mol. The van der Waals surface area contributed by atoms with E-state index in [1.807, 2.05) is 11.3 Å². The van der Waals surface area contributed by atoms with Gasteiger partial charge in [0.1, 0.15) is 0 Å². The predicted octanol–water partition coefficient (Wildman–Crippen LogP) is 3.58. The minimum atomic E-state index is 0.0709. The topological polar surface area (TPSA) is 26.0 Å². The molecule has 0 aliphatic rings. The second-order valence-corrected chi connectivity index (χ2v) is 6.07. The van der Waals surface area contributed by atoms with Crippen LogP contribution in [-0.2, 0) is 11.8 Å². The van der Waals surface area contributed by atoms with Crippen molar-refractivity contribution in [2.75, 3.05) is 6.54 Å². The maximum Gasteiger partial charge on any atom is 0.00890 e. The molecule has 0 spiro atoms. The molecular weight excluding hydrogens is 226 g/mol. The van der Waals surface area contributed by atoms with Crippen LogP contribution in [0.2, 0.25) is 0 Å². The van der Waals surface area contributed by atoms with Crippen LogP contribution < -0.4 is 5.73 Å². The van der Waals surface area contributed by atoms with E-state index in [4.69, 9.17) is 5.73 Å². The number of thiophene rings is 1. The van der Waals surface area contributed by atoms with Crippen molar-refractivity contribution in [2.24, 2.45) is 5.73 Å². The second-order valence-electron chi connectivity index (χ2n) is 5.04. The first-order valence-electron chi connectivity index (χ1n) is 5.94. The van der Waals surface area contributed by atoms with E-state index in [0.29, 0.717) is 6.54 Å². The smallest absolute Gasteiger partial charge is 0.00890 e. The zero-order valence-electron chi connectivity index (χ0n) is 10.4. The van der Waals surface area contributed by atoms with Gasteiger partial charge in [-0.2, -0.15) is 0 Å². The lowest BCUT2D eigenvalue weighted by Crippen LogP contribution is -2.27. The van der Waals surface area contributed by atoms with Gasteiger partial charge in [-0.25, -0.2) is 0 Å². The molecule has 1 nitrogen and oxygen atoms in total. The van der Waals surface area contributed by atoms with Gasteiger partial charge >= 0.3 is 0 Å². The summed E-state index contributed by atoms with van der Waals surface area (Å²) >= 11 is 1.81. The molecule has 2 aromatic rings. The normalized spacial score (nSPS) is 11.7. The van der Waals surface area contributed by atoms with Crippen molar-refractivity contribution in [3.63, 3.8) is 0 Å². The van der Waals surface area contributed by atoms with Crippen LogP contribution in [0, 0.1) is 0 Å². The Kier molecular flexibility index (Phi) is 3.65. The van der Waals surface area contributed by atoms with Gasteiger partial charge in [-0.1, -0.05) is 44.2 Å². The Hall–Kier alpha value is -1.12. The lowest BCUT2D eigenvalue weighted by Gasteiger charge is -2.23. The van der Waals surface area contributed by atoms with Crippen LogP contribution >= 0.6 is 11.3 Å². The van der Waals surface area contributed by atoms with Gasteiger partial charge in [0.25, 0.3) is 0 Å². The molecule has 0 saturated carbocycles. The summed E-state index contributed by atoms with van der Waals surface area (Å²) in [5.41, 5.74) is 8.54. The number of nitrogens with two attached hydrogens (primary N) is 1. The summed E-state index contributed by atoms with van der Waals surface area (Å²) in [6, 6.07) is 13.1. The standard InChI is InChI=1S/C15H19NS/c1-15(2,11-16)13-7-5-12(6-8-13)10-14-4-3-9-17-14/h3-9H,10-11,16H2,1-2H3. The van der Waals surface area contributed by atoms with Crippen LogP contribution in [0.25, 0.3) is 0 Å². The van der Waals surface area contributed by atoms with E-state index < -0.39 is 0 Å². The summed E-state index contributed by atoms with van der Waals surface area (Å²) in [5, 5.41) is 2.13. The molecule has 90 valence electrons. The molecule has 0 saturated heterocycles. The molecule has 0 unspecified atom stereocenters. The summed E-state index contributed by atoms with van der Waals surface area (Å²) in [5.74, 6) is 0. The van der Waals surface area contributed by atoms with E-state index in [9.17, 15) is 0 Å². The Balaban J connectivity index is 2.13. The van der Waals surface area contributed by atoms with Crippen LogP contribution in [0.15, 0.2) is 41.8 Å². The molecule has 1 aromatic carbocycles. The van der Waals surface area contributed by atoms with E-state index in [1.165, 1.54) is 16.0 Å². The first-order valence-corrected chi connectivity index (χ1v) is 6.82. The summed E-state index contributed by atoms with van der Waals surface area (Å²) in [7, 11) is 0. The van der Waals surface area contributed by atoms with Crippen LogP contribution in [-0.4, -0.2) is 6.54 Å². The Morgan fingerprint density at radius 3 is 2.35 bits per heavy atom. The minimum absolute atomic E-state index is 0.0709. The first kappa shape index (κ1) is 12.3. The molecule has 0 amide bonds. The summed E-state index contributed by atoms with van der Waals surface area (Å²) in [6.07, 6.45) is 1.03. The summed E-state index contributed by atoms with van der Waals surface area (Å²) < 4.78 is 0. The van der Waals surface area contributed by atoms with Crippen LogP contribution in [0.5, 0.6) is 0 Å². The highest BCUT2D eigenvalue weighted by molar-refractivity contribution is 7.09. The molecule has 0 radical (unpaired) electrons. The van der Waals surface area contributed by atoms with Gasteiger partial charge in [0.2, 0.25) is 0 Å². The van der Waals surface area contributed by atoms with Crippen molar-refractivity contribution in [3.05, 3.63) is 57.8 Å². The van der Waals surface area contributed by atoms with Crippen molar-refractivity contribution in [1.82, 2.24) is 0 Å². The average molecular weight is 245 g/mol. The van der Waals surface area contributed by atoms with Gasteiger partial charge in [-0.15, -0.1) is 11.3 Å². The molecular formula is C15H19NS. The van der Waals surface area contributed by atoms with Gasteiger partial charge in [0.05, 0.1) is 0 Å². The van der Waals surface area contributed by atoms with E-state index in [2.05, 4.69) is 55.6 Å². The largest absolute Gasteiger partial charge is 0.330 e. The van der Waals surface area contributed by atoms with Gasteiger partial charge in [-0.05, 0) is 22.6 Å². The lowest BCUT2D eigenvalue weighted by atomic mass is 9.84. The number of hydrogen-bond acceptors (Lipinski definition) is 2. The van der Waals surface area contributed by atoms with Crippen molar-refractivity contribution < 1.29 is 0 Å². The fourth-order valence-electron chi connectivity index (χ4n) is 1.81. The van der Waals surface area contributed by atoms with Crippen molar-refractivity contribution in [2.45, 2.75) is 25.7 Å². The molecule has 1 aromatic heterocycles. The lowest BCUT2D eigenvalue weighted by molar-refractivity contribution is 0.539. The minimum Gasteiger partial charge on any atom is -0.330 e. The molecule has 0 fully saturated rings. The zero-order valence-corrected chi connectivity index (χ0v) is 11.3. The van der Waals surface area contributed by atoms with Gasteiger partial charge in [-0.3, -0.25) is 0 Å². The highest BCUT2D eigenvalue weighted by Gasteiger charge is 2.17. The van der Waals surface area contributed by atoms with Gasteiger partial charge < -0.3 is 5.73 Å². The Morgan fingerprint density at radius 1 is 1.12 bits per heavy atom. The highest BCUT2D eigenvalue weighted by atomic mass is 32.1. The van der Waals surface area contributed by atoms with E-state index in [1.54, 1.807) is 0 Å². The molecule has 2 N–H and O–H groups in total. The quantitative estimate of drug-likeness (QED) is 0.875. The second kappa shape index (κ2) is 5.03. The Morgan fingerprint density at radius 2 is 1.82 bits per heavy atom. The van der Waals surface area contributed by atoms with Crippen LogP contribution in [0.3, 0.4) is 0 Å². The van der Waals surface area contributed by atoms with Crippen molar-refractivity contribution in [3.8, 4) is 0 Å².